The van der Waals surface area contributed by atoms with E-state index in [4.69, 9.17) is 4.74 Å². The Kier molecular flexibility index (Phi) is 6.41. The summed E-state index contributed by atoms with van der Waals surface area (Å²) < 4.78 is 32.2. The fourth-order valence-corrected chi connectivity index (χ4v) is 3.43. The third-order valence-corrected chi connectivity index (χ3v) is 5.28. The summed E-state index contributed by atoms with van der Waals surface area (Å²) >= 11 is 0. The second-order valence-electron chi connectivity index (χ2n) is 5.98. The van der Waals surface area contributed by atoms with E-state index in [2.05, 4.69) is 10.0 Å². The van der Waals surface area contributed by atoms with Crippen LogP contribution < -0.4 is 14.8 Å². The number of anilines is 1. The molecule has 144 valence electrons. The van der Waals surface area contributed by atoms with E-state index < -0.39 is 15.9 Å². The van der Waals surface area contributed by atoms with Gasteiger partial charge in [-0.05, 0) is 42.0 Å². The molecule has 0 radical (unpaired) electrons. The second-order valence-corrected chi connectivity index (χ2v) is 7.75. The monoisotopic (exact) mass is 396 g/mol. The van der Waals surface area contributed by atoms with Crippen LogP contribution in [0.15, 0.2) is 89.8 Å². The third-order valence-electron chi connectivity index (χ3n) is 3.86. The van der Waals surface area contributed by atoms with Gasteiger partial charge in [0.2, 0.25) is 15.9 Å². The smallest absolute Gasteiger partial charge is 0.241 e. The van der Waals surface area contributed by atoms with Crippen molar-refractivity contribution in [3.05, 3.63) is 90.5 Å². The van der Waals surface area contributed by atoms with Crippen LogP contribution in [-0.4, -0.2) is 20.9 Å². The molecule has 3 rings (SSSR count). The summed E-state index contributed by atoms with van der Waals surface area (Å²) in [6.45, 7) is 0.0945. The number of carbonyl (C=O) groups is 1. The molecular weight excluding hydrogens is 376 g/mol. The first-order valence-electron chi connectivity index (χ1n) is 8.64. The molecule has 0 aliphatic heterocycles. The Morgan fingerprint density at radius 3 is 2.07 bits per heavy atom. The average molecular weight is 396 g/mol. The summed E-state index contributed by atoms with van der Waals surface area (Å²) in [5.41, 5.74) is 1.61. The molecule has 0 unspecified atom stereocenters. The second kappa shape index (κ2) is 9.16. The Hall–Kier alpha value is -3.16. The normalized spacial score (nSPS) is 11.0. The first-order chi connectivity index (χ1) is 13.5. The van der Waals surface area contributed by atoms with Crippen molar-refractivity contribution in [1.82, 2.24) is 4.72 Å². The number of rotatable bonds is 8. The van der Waals surface area contributed by atoms with Gasteiger partial charge in [-0.25, -0.2) is 13.1 Å². The van der Waals surface area contributed by atoms with Crippen molar-refractivity contribution in [3.63, 3.8) is 0 Å². The minimum absolute atomic E-state index is 0.114. The van der Waals surface area contributed by atoms with Gasteiger partial charge in [0.15, 0.2) is 0 Å². The Labute approximate surface area is 164 Å². The highest BCUT2D eigenvalue weighted by atomic mass is 32.2. The van der Waals surface area contributed by atoms with Crippen molar-refractivity contribution in [2.75, 3.05) is 11.9 Å². The summed E-state index contributed by atoms with van der Waals surface area (Å²) in [5, 5.41) is 2.65. The molecule has 0 aliphatic carbocycles. The number of hydrogen-bond acceptors (Lipinski definition) is 4. The zero-order valence-electron chi connectivity index (χ0n) is 15.0. The predicted molar refractivity (Wildman–Crippen MR) is 107 cm³/mol. The molecule has 0 heterocycles. The number of benzene rings is 3. The minimum atomic E-state index is -3.72. The minimum Gasteiger partial charge on any atom is -0.489 e. The van der Waals surface area contributed by atoms with E-state index in [1.54, 1.807) is 42.5 Å². The molecule has 1 amide bonds. The first kappa shape index (κ1) is 19.6. The molecule has 3 aromatic rings. The molecule has 0 saturated carbocycles. The standard InChI is InChI=1S/C21H20N2O4S/c24-21(15-22-28(25,26)20-9-5-2-6-10-20)23-18-11-13-19(14-12-18)27-16-17-7-3-1-4-8-17/h1-14,22H,15-16H2,(H,23,24). The Bertz CT molecular complexity index is 1010. The van der Waals surface area contributed by atoms with Gasteiger partial charge < -0.3 is 10.1 Å². The number of nitrogens with one attached hydrogen (secondary N) is 2. The zero-order valence-corrected chi connectivity index (χ0v) is 15.9. The highest BCUT2D eigenvalue weighted by Gasteiger charge is 2.14. The van der Waals surface area contributed by atoms with Crippen LogP contribution in [0.25, 0.3) is 0 Å². The van der Waals surface area contributed by atoms with Gasteiger partial charge in [0.1, 0.15) is 12.4 Å². The van der Waals surface area contributed by atoms with Crippen molar-refractivity contribution < 1.29 is 17.9 Å². The summed E-state index contributed by atoms with van der Waals surface area (Å²) in [5.74, 6) is 0.212. The largest absolute Gasteiger partial charge is 0.489 e. The molecule has 0 fully saturated rings. The lowest BCUT2D eigenvalue weighted by Crippen LogP contribution is -2.32. The highest BCUT2D eigenvalue weighted by Crippen LogP contribution is 2.17. The zero-order chi connectivity index (χ0) is 19.8. The van der Waals surface area contributed by atoms with Crippen LogP contribution in [0.3, 0.4) is 0 Å². The molecule has 0 bridgehead atoms. The van der Waals surface area contributed by atoms with Gasteiger partial charge in [0.25, 0.3) is 0 Å². The maximum Gasteiger partial charge on any atom is 0.241 e. The van der Waals surface area contributed by atoms with Gasteiger partial charge in [0, 0.05) is 5.69 Å². The van der Waals surface area contributed by atoms with Crippen molar-refractivity contribution in [3.8, 4) is 5.75 Å². The third kappa shape index (κ3) is 5.67. The van der Waals surface area contributed by atoms with Gasteiger partial charge in [0.05, 0.1) is 11.4 Å². The Balaban J connectivity index is 1.49. The van der Waals surface area contributed by atoms with Crippen LogP contribution in [0.4, 0.5) is 5.69 Å². The van der Waals surface area contributed by atoms with Crippen molar-refractivity contribution in [2.24, 2.45) is 0 Å². The maximum atomic E-state index is 12.1. The van der Waals surface area contributed by atoms with Crippen molar-refractivity contribution in [1.29, 1.82) is 0 Å². The summed E-state index contributed by atoms with van der Waals surface area (Å²) in [6.07, 6.45) is 0. The lowest BCUT2D eigenvalue weighted by atomic mass is 10.2. The fraction of sp³-hybridized carbons (Fsp3) is 0.0952. The van der Waals surface area contributed by atoms with E-state index in [1.807, 2.05) is 30.3 Å². The molecule has 28 heavy (non-hydrogen) atoms. The predicted octanol–water partition coefficient (Wildman–Crippen LogP) is 3.18. The number of sulfonamides is 1. The number of hydrogen-bond donors (Lipinski definition) is 2. The molecule has 0 aliphatic rings. The molecule has 0 aromatic heterocycles. The van der Waals surface area contributed by atoms with E-state index in [9.17, 15) is 13.2 Å². The lowest BCUT2D eigenvalue weighted by Gasteiger charge is -2.09. The molecule has 0 spiro atoms. The van der Waals surface area contributed by atoms with E-state index in [0.29, 0.717) is 18.0 Å². The van der Waals surface area contributed by atoms with Gasteiger partial charge in [-0.15, -0.1) is 0 Å². The summed E-state index contributed by atoms with van der Waals surface area (Å²) in [7, 11) is -3.72. The van der Waals surface area contributed by atoms with Crippen LogP contribution in [0.5, 0.6) is 5.75 Å². The van der Waals surface area contributed by atoms with E-state index in [1.165, 1.54) is 12.1 Å². The molecule has 7 heteroatoms. The molecule has 3 aromatic carbocycles. The van der Waals surface area contributed by atoms with Crippen molar-refractivity contribution in [2.45, 2.75) is 11.5 Å². The van der Waals surface area contributed by atoms with E-state index >= 15 is 0 Å². The van der Waals surface area contributed by atoms with Crippen LogP contribution in [0.2, 0.25) is 0 Å². The molecule has 6 nitrogen and oxygen atoms in total. The molecular formula is C21H20N2O4S. The van der Waals surface area contributed by atoms with Crippen LogP contribution in [0, 0.1) is 0 Å². The van der Waals surface area contributed by atoms with Gasteiger partial charge in [-0.2, -0.15) is 0 Å². The lowest BCUT2D eigenvalue weighted by molar-refractivity contribution is -0.115. The number of ether oxygens (including phenoxy) is 1. The van der Waals surface area contributed by atoms with Gasteiger partial charge in [-0.3, -0.25) is 4.79 Å². The van der Waals surface area contributed by atoms with Crippen LogP contribution in [0.1, 0.15) is 5.56 Å². The molecule has 0 atom stereocenters. The van der Waals surface area contributed by atoms with Gasteiger partial charge in [-0.1, -0.05) is 48.5 Å². The topological polar surface area (TPSA) is 84.5 Å². The van der Waals surface area contributed by atoms with E-state index in [0.717, 1.165) is 5.56 Å². The highest BCUT2D eigenvalue weighted by molar-refractivity contribution is 7.89. The number of amides is 1. The van der Waals surface area contributed by atoms with E-state index in [-0.39, 0.29) is 11.4 Å². The first-order valence-corrected chi connectivity index (χ1v) is 10.1. The Morgan fingerprint density at radius 1 is 0.821 bits per heavy atom. The van der Waals surface area contributed by atoms with Crippen LogP contribution in [-0.2, 0) is 21.4 Å². The fourth-order valence-electron chi connectivity index (χ4n) is 2.42. The van der Waals surface area contributed by atoms with Crippen molar-refractivity contribution >= 4 is 21.6 Å². The summed E-state index contributed by atoms with van der Waals surface area (Å²) in [6, 6.07) is 24.6. The Morgan fingerprint density at radius 2 is 1.43 bits per heavy atom. The SMILES string of the molecule is O=C(CNS(=O)(=O)c1ccccc1)Nc1ccc(OCc2ccccc2)cc1. The quantitative estimate of drug-likeness (QED) is 0.612. The maximum absolute atomic E-state index is 12.1. The summed E-state index contributed by atoms with van der Waals surface area (Å²) in [4.78, 5) is 12.1. The average Bonchev–Trinajstić information content (AvgIpc) is 2.73. The molecule has 2 N–H and O–H groups in total. The van der Waals surface area contributed by atoms with Crippen LogP contribution >= 0.6 is 0 Å². The molecule has 0 saturated heterocycles. The van der Waals surface area contributed by atoms with Gasteiger partial charge >= 0.3 is 0 Å². The number of carbonyl (C=O) groups excluding carboxylic acids is 1.